The van der Waals surface area contributed by atoms with Gasteiger partial charge in [0.1, 0.15) is 6.04 Å². The van der Waals surface area contributed by atoms with Gasteiger partial charge in [-0.1, -0.05) is 12.1 Å². The van der Waals surface area contributed by atoms with Gasteiger partial charge in [0, 0.05) is 18.4 Å². The molecule has 1 N–H and O–H groups in total. The molecule has 3 aromatic rings. The number of para-hydroxylation sites is 2. The molecule has 2 atom stereocenters. The van der Waals surface area contributed by atoms with Crippen molar-refractivity contribution in [1.82, 2.24) is 9.55 Å². The second-order valence-electron chi connectivity index (χ2n) is 8.19. The molecule has 0 bridgehead atoms. The van der Waals surface area contributed by atoms with Crippen LogP contribution in [0.3, 0.4) is 0 Å². The van der Waals surface area contributed by atoms with Gasteiger partial charge in [0.25, 0.3) is 5.91 Å². The van der Waals surface area contributed by atoms with Crippen molar-refractivity contribution in [3.63, 3.8) is 0 Å². The summed E-state index contributed by atoms with van der Waals surface area (Å²) in [5, 5.41) is 2.87. The Hall–Kier alpha value is -3.59. The lowest BCUT2D eigenvalue weighted by atomic mass is 10.1. The number of nitrogens with zero attached hydrogens (tertiary/aromatic N) is 3. The fraction of sp³-hybridized carbons (Fsp3) is 0.348. The maximum Gasteiger partial charge on any atom is 0.253 e. The third kappa shape index (κ3) is 3.16. The first-order valence-electron chi connectivity index (χ1n) is 10.8. The van der Waals surface area contributed by atoms with Gasteiger partial charge in [-0.05, 0) is 37.1 Å². The zero-order chi connectivity index (χ0) is 21.7. The lowest BCUT2D eigenvalue weighted by Crippen LogP contribution is -2.37. The SMILES string of the molecule is O=C(C[C@@H]1C(=O)N(C[C@@H]2CCCO2)c2nc3ccccc3n21)Nc1ccc2c(c1)OCO2. The van der Waals surface area contributed by atoms with Crippen LogP contribution < -0.4 is 19.7 Å². The summed E-state index contributed by atoms with van der Waals surface area (Å²) in [5.41, 5.74) is 2.23. The third-order valence-corrected chi connectivity index (χ3v) is 6.13. The quantitative estimate of drug-likeness (QED) is 0.664. The van der Waals surface area contributed by atoms with E-state index in [9.17, 15) is 9.59 Å². The first kappa shape index (κ1) is 19.1. The first-order chi connectivity index (χ1) is 15.7. The van der Waals surface area contributed by atoms with Gasteiger partial charge in [-0.15, -0.1) is 0 Å². The van der Waals surface area contributed by atoms with E-state index < -0.39 is 6.04 Å². The highest BCUT2D eigenvalue weighted by Gasteiger charge is 2.42. The molecule has 4 heterocycles. The number of hydrogen-bond donors (Lipinski definition) is 1. The average Bonchev–Trinajstić information content (AvgIpc) is 3.57. The van der Waals surface area contributed by atoms with Crippen molar-refractivity contribution in [1.29, 1.82) is 0 Å². The Bertz CT molecular complexity index is 1220. The molecule has 3 aliphatic rings. The van der Waals surface area contributed by atoms with Crippen LogP contribution in [0.15, 0.2) is 42.5 Å². The fourth-order valence-corrected chi connectivity index (χ4v) is 4.62. The summed E-state index contributed by atoms with van der Waals surface area (Å²) in [5.74, 6) is 1.42. The number of hydrogen-bond acceptors (Lipinski definition) is 6. The van der Waals surface area contributed by atoms with Crippen molar-refractivity contribution in [3.8, 4) is 11.5 Å². The molecule has 1 fully saturated rings. The number of imidazole rings is 1. The van der Waals surface area contributed by atoms with E-state index in [0.29, 0.717) is 36.3 Å². The van der Waals surface area contributed by atoms with Crippen LogP contribution in [-0.4, -0.2) is 47.4 Å². The van der Waals surface area contributed by atoms with Crippen molar-refractivity contribution in [2.45, 2.75) is 31.4 Å². The highest BCUT2D eigenvalue weighted by Crippen LogP contribution is 2.38. The predicted molar refractivity (Wildman–Crippen MR) is 116 cm³/mol. The van der Waals surface area contributed by atoms with Crippen molar-refractivity contribution in [2.75, 3.05) is 30.2 Å². The molecule has 1 saturated heterocycles. The third-order valence-electron chi connectivity index (χ3n) is 6.13. The zero-order valence-electron chi connectivity index (χ0n) is 17.3. The number of amides is 2. The molecule has 6 rings (SSSR count). The van der Waals surface area contributed by atoms with E-state index in [-0.39, 0.29) is 31.1 Å². The summed E-state index contributed by atoms with van der Waals surface area (Å²) in [7, 11) is 0. The minimum Gasteiger partial charge on any atom is -0.454 e. The van der Waals surface area contributed by atoms with Gasteiger partial charge in [-0.2, -0.15) is 0 Å². The van der Waals surface area contributed by atoms with Gasteiger partial charge < -0.3 is 19.5 Å². The number of carbonyl (C=O) groups is 2. The largest absolute Gasteiger partial charge is 0.454 e. The molecule has 1 aromatic heterocycles. The van der Waals surface area contributed by atoms with Crippen molar-refractivity contribution >= 4 is 34.5 Å². The summed E-state index contributed by atoms with van der Waals surface area (Å²) < 4.78 is 18.3. The maximum absolute atomic E-state index is 13.4. The lowest BCUT2D eigenvalue weighted by Gasteiger charge is -2.19. The number of rotatable bonds is 5. The number of benzene rings is 2. The van der Waals surface area contributed by atoms with E-state index >= 15 is 0 Å². The molecule has 9 heteroatoms. The van der Waals surface area contributed by atoms with Crippen LogP contribution in [0, 0.1) is 0 Å². The van der Waals surface area contributed by atoms with Crippen LogP contribution in [-0.2, 0) is 14.3 Å². The van der Waals surface area contributed by atoms with E-state index in [1.54, 1.807) is 23.1 Å². The fourth-order valence-electron chi connectivity index (χ4n) is 4.62. The molecule has 164 valence electrons. The van der Waals surface area contributed by atoms with Gasteiger partial charge >= 0.3 is 0 Å². The van der Waals surface area contributed by atoms with E-state index in [4.69, 9.17) is 19.2 Å². The number of aromatic nitrogens is 2. The number of carbonyl (C=O) groups excluding carboxylic acids is 2. The Morgan fingerprint density at radius 1 is 1.16 bits per heavy atom. The Kier molecular flexibility index (Phi) is 4.50. The Balaban J connectivity index is 1.27. The number of ether oxygens (including phenoxy) is 3. The van der Waals surface area contributed by atoms with Gasteiger partial charge in [0.05, 0.1) is 30.1 Å². The minimum absolute atomic E-state index is 0.00263. The monoisotopic (exact) mass is 434 g/mol. The van der Waals surface area contributed by atoms with Crippen molar-refractivity contribution in [3.05, 3.63) is 42.5 Å². The molecule has 9 nitrogen and oxygen atoms in total. The Morgan fingerprint density at radius 2 is 2.03 bits per heavy atom. The standard InChI is InChI=1S/C23H22N4O5/c28-21(24-14-7-8-19-20(10-14)32-13-31-19)11-18-22(29)26(12-15-4-3-9-30-15)23-25-16-5-1-2-6-17(16)27(18)23/h1-2,5-8,10,15,18H,3-4,9,11-13H2,(H,24,28)/t15-,18+/m0/s1. The molecule has 0 radical (unpaired) electrons. The van der Waals surface area contributed by atoms with Crippen molar-refractivity contribution in [2.24, 2.45) is 0 Å². The lowest BCUT2D eigenvalue weighted by molar-refractivity contribution is -0.124. The van der Waals surface area contributed by atoms with E-state index in [2.05, 4.69) is 5.32 Å². The van der Waals surface area contributed by atoms with Gasteiger partial charge in [-0.25, -0.2) is 4.98 Å². The molecule has 32 heavy (non-hydrogen) atoms. The van der Waals surface area contributed by atoms with Crippen LogP contribution >= 0.6 is 0 Å². The topological polar surface area (TPSA) is 94.9 Å². The van der Waals surface area contributed by atoms with Crippen LogP contribution in [0.1, 0.15) is 25.3 Å². The van der Waals surface area contributed by atoms with E-state index in [0.717, 1.165) is 23.9 Å². The minimum atomic E-state index is -0.659. The summed E-state index contributed by atoms with van der Waals surface area (Å²) in [6.45, 7) is 1.33. The predicted octanol–water partition coefficient (Wildman–Crippen LogP) is 2.86. The Morgan fingerprint density at radius 3 is 2.91 bits per heavy atom. The van der Waals surface area contributed by atoms with Crippen LogP contribution in [0.2, 0.25) is 0 Å². The number of nitrogens with one attached hydrogen (secondary N) is 1. The molecule has 0 unspecified atom stereocenters. The smallest absolute Gasteiger partial charge is 0.253 e. The molecule has 0 saturated carbocycles. The van der Waals surface area contributed by atoms with Crippen LogP contribution in [0.4, 0.5) is 11.6 Å². The normalized spacial score (nSPS) is 21.4. The van der Waals surface area contributed by atoms with Crippen molar-refractivity contribution < 1.29 is 23.8 Å². The number of fused-ring (bicyclic) bond motifs is 4. The van der Waals surface area contributed by atoms with E-state index in [1.807, 2.05) is 28.8 Å². The highest BCUT2D eigenvalue weighted by molar-refractivity contribution is 6.05. The number of anilines is 2. The van der Waals surface area contributed by atoms with Crippen LogP contribution in [0.25, 0.3) is 11.0 Å². The average molecular weight is 434 g/mol. The molecule has 0 spiro atoms. The molecule has 2 aromatic carbocycles. The summed E-state index contributed by atoms with van der Waals surface area (Å²) in [4.78, 5) is 32.7. The summed E-state index contributed by atoms with van der Waals surface area (Å²) >= 11 is 0. The summed E-state index contributed by atoms with van der Waals surface area (Å²) in [6, 6.07) is 12.2. The highest BCUT2D eigenvalue weighted by atomic mass is 16.7. The molecule has 2 amide bonds. The second-order valence-corrected chi connectivity index (χ2v) is 8.19. The first-order valence-corrected chi connectivity index (χ1v) is 10.8. The van der Waals surface area contributed by atoms with Gasteiger partial charge in [0.2, 0.25) is 18.6 Å². The Labute approximate surface area is 183 Å². The van der Waals surface area contributed by atoms with Gasteiger partial charge in [0.15, 0.2) is 11.5 Å². The molecule has 0 aliphatic carbocycles. The maximum atomic E-state index is 13.4. The van der Waals surface area contributed by atoms with Crippen LogP contribution in [0.5, 0.6) is 11.5 Å². The molecular formula is C23H22N4O5. The van der Waals surface area contributed by atoms with E-state index in [1.165, 1.54) is 0 Å². The molecule has 3 aliphatic heterocycles. The second kappa shape index (κ2) is 7.52. The zero-order valence-corrected chi connectivity index (χ0v) is 17.3. The summed E-state index contributed by atoms with van der Waals surface area (Å²) in [6.07, 6.45) is 1.90. The van der Waals surface area contributed by atoms with Gasteiger partial charge in [-0.3, -0.25) is 19.1 Å². The molecular weight excluding hydrogens is 412 g/mol.